The largest absolute Gasteiger partial charge is 0.506 e. The van der Waals surface area contributed by atoms with E-state index in [1.807, 2.05) is 6.92 Å². The van der Waals surface area contributed by atoms with Gasteiger partial charge in [-0.05, 0) is 36.2 Å². The molecule has 0 spiro atoms. The predicted octanol–water partition coefficient (Wildman–Crippen LogP) is 3.02. The van der Waals surface area contributed by atoms with Crippen LogP contribution in [0.15, 0.2) is 58.4 Å². The van der Waals surface area contributed by atoms with Crippen LogP contribution in [-0.4, -0.2) is 21.8 Å². The number of pyridine rings is 1. The Bertz CT molecular complexity index is 1090. The topological polar surface area (TPSA) is 83.7 Å². The summed E-state index contributed by atoms with van der Waals surface area (Å²) in [7, 11) is 0. The first kappa shape index (κ1) is 18.3. The highest BCUT2D eigenvalue weighted by Gasteiger charge is 2.21. The van der Waals surface area contributed by atoms with Crippen LogP contribution in [0.5, 0.6) is 5.75 Å². The van der Waals surface area contributed by atoms with Crippen LogP contribution >= 0.6 is 0 Å². The Morgan fingerprint density at radius 2 is 2.04 bits per heavy atom. The maximum atomic E-state index is 13.2. The summed E-state index contributed by atoms with van der Waals surface area (Å²) in [6, 6.07) is 12.5. The molecule has 1 heterocycles. The molecule has 3 rings (SSSR count). The zero-order chi connectivity index (χ0) is 19.4. The minimum absolute atomic E-state index is 0.376. The Morgan fingerprint density at radius 1 is 1.26 bits per heavy atom. The lowest BCUT2D eigenvalue weighted by molar-refractivity contribution is 0.0950. The number of carbonyl (C=O) groups is 1. The Hall–Kier alpha value is -3.48. The van der Waals surface area contributed by atoms with Gasteiger partial charge in [0.2, 0.25) is 0 Å². The van der Waals surface area contributed by atoms with Gasteiger partial charge in [0, 0.05) is 11.9 Å². The Morgan fingerprint density at radius 3 is 2.78 bits per heavy atom. The number of carbonyl (C=O) groups excluding carboxylic acids is 1. The fraction of sp³-hybridized carbons (Fsp3) is 0.150. The molecule has 0 aliphatic carbocycles. The second-order valence-corrected chi connectivity index (χ2v) is 5.95. The maximum absolute atomic E-state index is 13.2. The van der Waals surface area contributed by atoms with E-state index in [1.165, 1.54) is 29.0 Å². The van der Waals surface area contributed by atoms with Crippen LogP contribution in [0.3, 0.4) is 0 Å². The molecular formula is C20H18FN3O3. The number of para-hydroxylation sites is 1. The fourth-order valence-electron chi connectivity index (χ4n) is 2.85. The van der Waals surface area contributed by atoms with E-state index in [4.69, 9.17) is 0 Å². The number of aromatic hydroxyl groups is 1. The molecule has 2 N–H and O–H groups in total. The summed E-state index contributed by atoms with van der Waals surface area (Å²) >= 11 is 0. The van der Waals surface area contributed by atoms with Gasteiger partial charge in [0.15, 0.2) is 0 Å². The summed E-state index contributed by atoms with van der Waals surface area (Å²) in [5.74, 6) is -1.65. The van der Waals surface area contributed by atoms with Crippen molar-refractivity contribution in [1.29, 1.82) is 0 Å². The number of aromatic nitrogens is 1. The lowest BCUT2D eigenvalue weighted by Crippen LogP contribution is -2.31. The number of rotatable bonds is 5. The Kier molecular flexibility index (Phi) is 5.30. The second-order valence-electron chi connectivity index (χ2n) is 5.95. The molecular weight excluding hydrogens is 349 g/mol. The standard InChI is InChI=1S/C20H18FN3O3/c1-2-10-24-16-9-4-3-8-15(16)18(25)17(20(24)27)19(26)23-22-12-13-6-5-7-14(21)11-13/h3-9,11-12,25H,2,10H2,1H3,(H,23,26)/b22-12+. The summed E-state index contributed by atoms with van der Waals surface area (Å²) in [5.41, 5.74) is 2.25. The van der Waals surface area contributed by atoms with Gasteiger partial charge in [-0.2, -0.15) is 5.10 Å². The average Bonchev–Trinajstić information content (AvgIpc) is 2.65. The van der Waals surface area contributed by atoms with Crippen molar-refractivity contribution >= 4 is 23.0 Å². The van der Waals surface area contributed by atoms with E-state index < -0.39 is 17.3 Å². The quantitative estimate of drug-likeness (QED) is 0.537. The number of halogens is 1. The van der Waals surface area contributed by atoms with Crippen molar-refractivity contribution < 1.29 is 14.3 Å². The first-order valence-corrected chi connectivity index (χ1v) is 8.46. The van der Waals surface area contributed by atoms with Gasteiger partial charge in [0.1, 0.15) is 17.1 Å². The third-order valence-electron chi connectivity index (χ3n) is 4.05. The Labute approximate surface area is 154 Å². The van der Waals surface area contributed by atoms with E-state index in [9.17, 15) is 19.1 Å². The molecule has 0 bridgehead atoms. The summed E-state index contributed by atoms with van der Waals surface area (Å²) in [4.78, 5) is 25.2. The van der Waals surface area contributed by atoms with E-state index in [0.717, 1.165) is 0 Å². The number of benzene rings is 2. The van der Waals surface area contributed by atoms with Gasteiger partial charge in [-0.3, -0.25) is 9.59 Å². The van der Waals surface area contributed by atoms with Gasteiger partial charge >= 0.3 is 0 Å². The SMILES string of the molecule is CCCn1c(=O)c(C(=O)N/N=C/c2cccc(F)c2)c(O)c2ccccc21. The number of fused-ring (bicyclic) bond motifs is 1. The number of hydrogen-bond acceptors (Lipinski definition) is 4. The van der Waals surface area contributed by atoms with Crippen LogP contribution in [0.25, 0.3) is 10.9 Å². The number of nitrogens with one attached hydrogen (secondary N) is 1. The van der Waals surface area contributed by atoms with Crippen LogP contribution < -0.4 is 11.0 Å². The third-order valence-corrected chi connectivity index (χ3v) is 4.05. The van der Waals surface area contributed by atoms with E-state index in [0.29, 0.717) is 29.4 Å². The van der Waals surface area contributed by atoms with Crippen molar-refractivity contribution in [1.82, 2.24) is 9.99 Å². The molecule has 1 aromatic heterocycles. The molecule has 0 fully saturated rings. The summed E-state index contributed by atoms with van der Waals surface area (Å²) in [6.45, 7) is 2.32. The molecule has 27 heavy (non-hydrogen) atoms. The van der Waals surface area contributed by atoms with Crippen LogP contribution in [0.1, 0.15) is 29.3 Å². The number of amides is 1. The first-order chi connectivity index (χ1) is 13.0. The molecule has 7 heteroatoms. The molecule has 1 amide bonds. The molecule has 0 radical (unpaired) electrons. The highest BCUT2D eigenvalue weighted by atomic mass is 19.1. The zero-order valence-corrected chi connectivity index (χ0v) is 14.6. The van der Waals surface area contributed by atoms with Gasteiger partial charge in [-0.15, -0.1) is 0 Å². The molecule has 0 aliphatic rings. The summed E-state index contributed by atoms with van der Waals surface area (Å²) in [5, 5.41) is 14.6. The lowest BCUT2D eigenvalue weighted by Gasteiger charge is -2.13. The van der Waals surface area contributed by atoms with E-state index >= 15 is 0 Å². The molecule has 138 valence electrons. The van der Waals surface area contributed by atoms with Crippen LogP contribution in [0.4, 0.5) is 4.39 Å². The highest BCUT2D eigenvalue weighted by Crippen LogP contribution is 2.26. The van der Waals surface area contributed by atoms with E-state index in [2.05, 4.69) is 10.5 Å². The molecule has 0 atom stereocenters. The van der Waals surface area contributed by atoms with Crippen molar-refractivity contribution in [2.45, 2.75) is 19.9 Å². The number of hydrazone groups is 1. The monoisotopic (exact) mass is 367 g/mol. The molecule has 2 aromatic carbocycles. The second kappa shape index (κ2) is 7.82. The number of aryl methyl sites for hydroxylation is 1. The molecule has 6 nitrogen and oxygen atoms in total. The third kappa shape index (κ3) is 3.72. The average molecular weight is 367 g/mol. The summed E-state index contributed by atoms with van der Waals surface area (Å²) in [6.07, 6.45) is 1.94. The van der Waals surface area contributed by atoms with Gasteiger partial charge in [0.25, 0.3) is 11.5 Å². The molecule has 0 saturated heterocycles. The van der Waals surface area contributed by atoms with Crippen molar-refractivity contribution in [2.24, 2.45) is 5.10 Å². The number of nitrogens with zero attached hydrogens (tertiary/aromatic N) is 2. The van der Waals surface area contributed by atoms with Gasteiger partial charge < -0.3 is 9.67 Å². The van der Waals surface area contributed by atoms with Gasteiger partial charge in [-0.1, -0.05) is 31.2 Å². The van der Waals surface area contributed by atoms with Gasteiger partial charge in [-0.25, -0.2) is 9.82 Å². The Balaban J connectivity index is 1.98. The lowest BCUT2D eigenvalue weighted by atomic mass is 10.1. The fourth-order valence-corrected chi connectivity index (χ4v) is 2.85. The van der Waals surface area contributed by atoms with Crippen molar-refractivity contribution in [2.75, 3.05) is 0 Å². The molecule has 0 unspecified atom stereocenters. The van der Waals surface area contributed by atoms with E-state index in [1.54, 1.807) is 30.3 Å². The van der Waals surface area contributed by atoms with Crippen LogP contribution in [-0.2, 0) is 6.54 Å². The molecule has 0 aliphatic heterocycles. The summed E-state index contributed by atoms with van der Waals surface area (Å²) < 4.78 is 14.6. The highest BCUT2D eigenvalue weighted by molar-refractivity contribution is 6.02. The van der Waals surface area contributed by atoms with Crippen molar-refractivity contribution in [3.05, 3.63) is 75.8 Å². The minimum Gasteiger partial charge on any atom is -0.506 e. The van der Waals surface area contributed by atoms with E-state index in [-0.39, 0.29) is 11.3 Å². The minimum atomic E-state index is -0.833. The maximum Gasteiger partial charge on any atom is 0.280 e. The predicted molar refractivity (Wildman–Crippen MR) is 102 cm³/mol. The first-order valence-electron chi connectivity index (χ1n) is 8.46. The van der Waals surface area contributed by atoms with Gasteiger partial charge in [0.05, 0.1) is 11.7 Å². The van der Waals surface area contributed by atoms with Crippen LogP contribution in [0, 0.1) is 5.82 Å². The normalized spacial score (nSPS) is 11.2. The van der Waals surface area contributed by atoms with Crippen molar-refractivity contribution in [3.63, 3.8) is 0 Å². The number of hydrogen-bond donors (Lipinski definition) is 2. The molecule has 0 saturated carbocycles. The molecule has 3 aromatic rings. The smallest absolute Gasteiger partial charge is 0.280 e. The van der Waals surface area contributed by atoms with Crippen LogP contribution in [0.2, 0.25) is 0 Å². The zero-order valence-electron chi connectivity index (χ0n) is 14.6. The van der Waals surface area contributed by atoms with Crippen molar-refractivity contribution in [3.8, 4) is 5.75 Å².